The standard InChI is InChI=1S/C16H12N2O2/c1-20-16(19)12-10-11-6-2-3-7-13(11)18-15(12)14-8-4-5-9-17-14/h2-10H,1H3. The Bertz CT molecular complexity index is 770. The second kappa shape index (κ2) is 5.09. The van der Waals surface area contributed by atoms with E-state index in [9.17, 15) is 4.79 Å². The molecule has 0 N–H and O–H groups in total. The molecule has 0 bridgehead atoms. The van der Waals surface area contributed by atoms with Crippen LogP contribution >= 0.6 is 0 Å². The van der Waals surface area contributed by atoms with Gasteiger partial charge in [0.25, 0.3) is 0 Å². The first-order valence-corrected chi connectivity index (χ1v) is 6.19. The lowest BCUT2D eigenvalue weighted by atomic mass is 10.1. The third kappa shape index (κ3) is 2.12. The summed E-state index contributed by atoms with van der Waals surface area (Å²) in [5.41, 5.74) is 2.43. The van der Waals surface area contributed by atoms with Crippen LogP contribution in [-0.2, 0) is 4.74 Å². The lowest BCUT2D eigenvalue weighted by molar-refractivity contribution is 0.0601. The molecular weight excluding hydrogens is 252 g/mol. The van der Waals surface area contributed by atoms with E-state index in [4.69, 9.17) is 4.74 Å². The summed E-state index contributed by atoms with van der Waals surface area (Å²) < 4.78 is 4.84. The summed E-state index contributed by atoms with van der Waals surface area (Å²) in [7, 11) is 1.36. The molecule has 20 heavy (non-hydrogen) atoms. The zero-order valence-corrected chi connectivity index (χ0v) is 10.9. The number of carbonyl (C=O) groups is 1. The van der Waals surface area contributed by atoms with Gasteiger partial charge in [0.2, 0.25) is 0 Å². The molecule has 0 amide bonds. The van der Waals surface area contributed by atoms with Gasteiger partial charge in [0.1, 0.15) is 5.69 Å². The molecule has 4 nitrogen and oxygen atoms in total. The fourth-order valence-electron chi connectivity index (χ4n) is 2.08. The summed E-state index contributed by atoms with van der Waals surface area (Å²) in [4.78, 5) is 20.8. The van der Waals surface area contributed by atoms with Crippen LogP contribution in [0.1, 0.15) is 10.4 Å². The minimum absolute atomic E-state index is 0.413. The van der Waals surface area contributed by atoms with E-state index in [1.54, 1.807) is 12.3 Å². The van der Waals surface area contributed by atoms with Crippen LogP contribution < -0.4 is 0 Å². The molecule has 0 spiro atoms. The van der Waals surface area contributed by atoms with Gasteiger partial charge in [0, 0.05) is 11.6 Å². The zero-order chi connectivity index (χ0) is 13.9. The number of benzene rings is 1. The highest BCUT2D eigenvalue weighted by molar-refractivity contribution is 5.99. The second-order valence-corrected chi connectivity index (χ2v) is 4.28. The average Bonchev–Trinajstić information content (AvgIpc) is 2.53. The number of ether oxygens (including phenoxy) is 1. The van der Waals surface area contributed by atoms with Crippen molar-refractivity contribution in [1.29, 1.82) is 0 Å². The number of pyridine rings is 2. The second-order valence-electron chi connectivity index (χ2n) is 4.28. The molecule has 0 radical (unpaired) electrons. The summed E-state index contributed by atoms with van der Waals surface area (Å²) >= 11 is 0. The van der Waals surface area contributed by atoms with Gasteiger partial charge in [-0.1, -0.05) is 24.3 Å². The summed E-state index contributed by atoms with van der Waals surface area (Å²) in [6, 6.07) is 14.9. The predicted octanol–water partition coefficient (Wildman–Crippen LogP) is 3.08. The van der Waals surface area contributed by atoms with Crippen LogP contribution in [0.25, 0.3) is 22.3 Å². The molecule has 2 heterocycles. The maximum Gasteiger partial charge on any atom is 0.340 e. The van der Waals surface area contributed by atoms with Gasteiger partial charge in [0.15, 0.2) is 0 Å². The molecule has 0 fully saturated rings. The van der Waals surface area contributed by atoms with Gasteiger partial charge in [-0.2, -0.15) is 0 Å². The van der Waals surface area contributed by atoms with Crippen molar-refractivity contribution in [3.8, 4) is 11.4 Å². The maximum atomic E-state index is 12.0. The summed E-state index contributed by atoms with van der Waals surface area (Å²) in [6.45, 7) is 0. The molecule has 0 saturated carbocycles. The summed E-state index contributed by atoms with van der Waals surface area (Å²) in [6.07, 6.45) is 1.67. The van der Waals surface area contributed by atoms with Crippen molar-refractivity contribution in [3.63, 3.8) is 0 Å². The summed E-state index contributed by atoms with van der Waals surface area (Å²) in [5, 5.41) is 0.896. The van der Waals surface area contributed by atoms with Crippen LogP contribution in [0.5, 0.6) is 0 Å². The third-order valence-corrected chi connectivity index (χ3v) is 3.04. The number of hydrogen-bond acceptors (Lipinski definition) is 4. The van der Waals surface area contributed by atoms with Gasteiger partial charge < -0.3 is 4.74 Å². The van der Waals surface area contributed by atoms with Crippen molar-refractivity contribution >= 4 is 16.9 Å². The van der Waals surface area contributed by atoms with E-state index < -0.39 is 5.97 Å². The average molecular weight is 264 g/mol. The van der Waals surface area contributed by atoms with Crippen LogP contribution in [0.4, 0.5) is 0 Å². The zero-order valence-electron chi connectivity index (χ0n) is 10.9. The third-order valence-electron chi connectivity index (χ3n) is 3.04. The number of aromatic nitrogens is 2. The number of esters is 1. The maximum absolute atomic E-state index is 12.0. The van der Waals surface area contributed by atoms with E-state index in [1.165, 1.54) is 7.11 Å². The molecule has 0 atom stereocenters. The van der Waals surface area contributed by atoms with Gasteiger partial charge in [-0.25, -0.2) is 9.78 Å². The number of carbonyl (C=O) groups excluding carboxylic acids is 1. The van der Waals surface area contributed by atoms with Gasteiger partial charge in [-0.05, 0) is 24.3 Å². The number of methoxy groups -OCH3 is 1. The molecule has 1 aromatic carbocycles. The Hall–Kier alpha value is -2.75. The van der Waals surface area contributed by atoms with Crippen molar-refractivity contribution in [3.05, 3.63) is 60.3 Å². The van der Waals surface area contributed by atoms with Crippen LogP contribution in [0.15, 0.2) is 54.7 Å². The molecule has 0 aliphatic carbocycles. The monoisotopic (exact) mass is 264 g/mol. The molecule has 2 aromatic heterocycles. The topological polar surface area (TPSA) is 52.1 Å². The molecule has 0 saturated heterocycles. The smallest absolute Gasteiger partial charge is 0.340 e. The molecule has 98 valence electrons. The normalized spacial score (nSPS) is 10.4. The first kappa shape index (κ1) is 12.3. The van der Waals surface area contributed by atoms with Gasteiger partial charge in [-0.3, -0.25) is 4.98 Å². The van der Waals surface area contributed by atoms with E-state index in [2.05, 4.69) is 9.97 Å². The Balaban J connectivity index is 2.30. The Labute approximate surface area is 116 Å². The molecule has 3 rings (SSSR count). The molecule has 0 aliphatic heterocycles. The van der Waals surface area contributed by atoms with E-state index in [0.29, 0.717) is 17.0 Å². The highest BCUT2D eigenvalue weighted by Crippen LogP contribution is 2.24. The van der Waals surface area contributed by atoms with E-state index in [0.717, 1.165) is 10.9 Å². The first-order valence-electron chi connectivity index (χ1n) is 6.19. The molecule has 0 unspecified atom stereocenters. The van der Waals surface area contributed by atoms with E-state index in [-0.39, 0.29) is 0 Å². The Morgan fingerprint density at radius 2 is 1.90 bits per heavy atom. The molecule has 0 aliphatic rings. The Morgan fingerprint density at radius 3 is 2.65 bits per heavy atom. The van der Waals surface area contributed by atoms with Gasteiger partial charge in [-0.15, -0.1) is 0 Å². The Morgan fingerprint density at radius 1 is 1.10 bits per heavy atom. The summed E-state index contributed by atoms with van der Waals surface area (Å²) in [5.74, 6) is -0.413. The van der Waals surface area contributed by atoms with Crippen molar-refractivity contribution in [2.24, 2.45) is 0 Å². The molecular formula is C16H12N2O2. The van der Waals surface area contributed by atoms with Crippen LogP contribution in [-0.4, -0.2) is 23.0 Å². The van der Waals surface area contributed by atoms with Crippen molar-refractivity contribution in [1.82, 2.24) is 9.97 Å². The van der Waals surface area contributed by atoms with Crippen molar-refractivity contribution in [2.75, 3.05) is 7.11 Å². The van der Waals surface area contributed by atoms with Crippen LogP contribution in [0, 0.1) is 0 Å². The fourth-order valence-corrected chi connectivity index (χ4v) is 2.08. The predicted molar refractivity (Wildman–Crippen MR) is 76.3 cm³/mol. The highest BCUT2D eigenvalue weighted by atomic mass is 16.5. The lowest BCUT2D eigenvalue weighted by Crippen LogP contribution is -2.06. The first-order chi connectivity index (χ1) is 9.79. The quantitative estimate of drug-likeness (QED) is 0.667. The molecule has 3 aromatic rings. The molecule has 4 heteroatoms. The number of nitrogens with zero attached hydrogens (tertiary/aromatic N) is 2. The number of para-hydroxylation sites is 1. The highest BCUT2D eigenvalue weighted by Gasteiger charge is 2.16. The number of fused-ring (bicyclic) bond motifs is 1. The van der Waals surface area contributed by atoms with Gasteiger partial charge >= 0.3 is 5.97 Å². The number of hydrogen-bond donors (Lipinski definition) is 0. The number of rotatable bonds is 2. The van der Waals surface area contributed by atoms with Gasteiger partial charge in [0.05, 0.1) is 23.9 Å². The largest absolute Gasteiger partial charge is 0.465 e. The van der Waals surface area contributed by atoms with Crippen LogP contribution in [0.3, 0.4) is 0 Å². The van der Waals surface area contributed by atoms with Crippen LogP contribution in [0.2, 0.25) is 0 Å². The fraction of sp³-hybridized carbons (Fsp3) is 0.0625. The minimum atomic E-state index is -0.413. The van der Waals surface area contributed by atoms with Crippen molar-refractivity contribution in [2.45, 2.75) is 0 Å². The lowest BCUT2D eigenvalue weighted by Gasteiger charge is -2.08. The van der Waals surface area contributed by atoms with E-state index in [1.807, 2.05) is 42.5 Å². The Kier molecular flexibility index (Phi) is 3.13. The minimum Gasteiger partial charge on any atom is -0.465 e. The SMILES string of the molecule is COC(=O)c1cc2ccccc2nc1-c1ccccn1. The van der Waals surface area contributed by atoms with Crippen molar-refractivity contribution < 1.29 is 9.53 Å². The van der Waals surface area contributed by atoms with E-state index >= 15 is 0 Å².